The molecule has 0 aromatic heterocycles. The molecule has 0 bridgehead atoms. The number of piperazine rings is 1. The van der Waals surface area contributed by atoms with Gasteiger partial charge in [0.15, 0.2) is 0 Å². The van der Waals surface area contributed by atoms with Gasteiger partial charge >= 0.3 is 10.2 Å². The molecule has 4 rings (SSSR count). The molecule has 8 nitrogen and oxygen atoms in total. The maximum atomic E-state index is 13.2. The van der Waals surface area contributed by atoms with Crippen LogP contribution in [0.5, 0.6) is 5.75 Å². The van der Waals surface area contributed by atoms with Crippen LogP contribution < -0.4 is 9.64 Å². The lowest BCUT2D eigenvalue weighted by atomic mass is 10.1. The highest BCUT2D eigenvalue weighted by Gasteiger charge is 2.33. The number of anilines is 1. The van der Waals surface area contributed by atoms with Crippen LogP contribution >= 0.6 is 0 Å². The van der Waals surface area contributed by atoms with Crippen LogP contribution in [0.4, 0.5) is 10.1 Å². The lowest BCUT2D eigenvalue weighted by Gasteiger charge is -2.37. The first-order valence-electron chi connectivity index (χ1n) is 10.0. The van der Waals surface area contributed by atoms with Crippen molar-refractivity contribution < 1.29 is 22.3 Å². The number of allylic oxidation sites excluding steroid dienone is 1. The maximum Gasteiger partial charge on any atom is 0.345 e. The Morgan fingerprint density at radius 3 is 2.41 bits per heavy atom. The highest BCUT2D eigenvalue weighted by molar-refractivity contribution is 7.88. The van der Waals surface area contributed by atoms with Crippen molar-refractivity contribution in [3.05, 3.63) is 71.7 Å². The summed E-state index contributed by atoms with van der Waals surface area (Å²) in [5.41, 5.74) is 1.62. The van der Waals surface area contributed by atoms with Crippen molar-refractivity contribution in [3.8, 4) is 5.75 Å². The molecule has 0 spiro atoms. The largest absolute Gasteiger partial charge is 0.497 e. The standard InChI is InChI=1S/C22H23FN4O4S/c1-25-21(15-20(24-32(25,29)30)16-4-3-5-19(14-16)31-2)22(28)27-12-10-26(11-13-27)18-8-6-17(23)7-9-18/h3-9,14-15H,10-13H2,1-2H3. The molecule has 2 heterocycles. The Hall–Kier alpha value is -3.40. The predicted molar refractivity (Wildman–Crippen MR) is 119 cm³/mol. The summed E-state index contributed by atoms with van der Waals surface area (Å²) in [6, 6.07) is 13.1. The van der Waals surface area contributed by atoms with Crippen molar-refractivity contribution >= 4 is 27.5 Å². The number of likely N-dealkylation sites (N-methyl/N-ethyl adjacent to an activating group) is 1. The fourth-order valence-electron chi connectivity index (χ4n) is 3.65. The summed E-state index contributed by atoms with van der Waals surface area (Å²) >= 11 is 0. The first-order chi connectivity index (χ1) is 15.3. The van der Waals surface area contributed by atoms with E-state index < -0.39 is 10.2 Å². The van der Waals surface area contributed by atoms with Gasteiger partial charge in [-0.25, -0.2) is 8.70 Å². The Labute approximate surface area is 186 Å². The van der Waals surface area contributed by atoms with Crippen LogP contribution in [0.2, 0.25) is 0 Å². The molecular weight excluding hydrogens is 435 g/mol. The zero-order chi connectivity index (χ0) is 22.9. The van der Waals surface area contributed by atoms with Crippen LogP contribution in [-0.2, 0) is 15.0 Å². The first-order valence-corrected chi connectivity index (χ1v) is 11.4. The molecule has 2 aliphatic rings. The molecule has 0 unspecified atom stereocenters. The molecule has 1 amide bonds. The summed E-state index contributed by atoms with van der Waals surface area (Å²) in [7, 11) is -1.21. The van der Waals surface area contributed by atoms with Gasteiger partial charge in [0.2, 0.25) is 0 Å². The number of benzene rings is 2. The normalized spacial score (nSPS) is 18.2. The minimum atomic E-state index is -4.05. The molecule has 1 fully saturated rings. The van der Waals surface area contributed by atoms with Gasteiger partial charge < -0.3 is 14.5 Å². The van der Waals surface area contributed by atoms with Gasteiger partial charge in [-0.15, -0.1) is 4.40 Å². The number of rotatable bonds is 4. The molecule has 0 aliphatic carbocycles. The lowest BCUT2D eigenvalue weighted by Crippen LogP contribution is -2.51. The van der Waals surface area contributed by atoms with E-state index in [-0.39, 0.29) is 23.1 Å². The molecule has 32 heavy (non-hydrogen) atoms. The Morgan fingerprint density at radius 2 is 1.75 bits per heavy atom. The van der Waals surface area contributed by atoms with Crippen LogP contribution in [0.25, 0.3) is 0 Å². The Balaban J connectivity index is 1.55. The summed E-state index contributed by atoms with van der Waals surface area (Å²) in [5.74, 6) is -0.130. The van der Waals surface area contributed by atoms with E-state index in [1.807, 2.05) is 0 Å². The summed E-state index contributed by atoms with van der Waals surface area (Å²) in [6.45, 7) is 1.93. The SMILES string of the molecule is COc1cccc(C2=NS(=O)(=O)N(C)C(C(=O)N3CCN(c4ccc(F)cc4)CC3)=C2)c1. The third-order valence-electron chi connectivity index (χ3n) is 5.52. The molecule has 2 aliphatic heterocycles. The number of methoxy groups -OCH3 is 1. The average Bonchev–Trinajstić information content (AvgIpc) is 2.81. The molecule has 2 aromatic carbocycles. The maximum absolute atomic E-state index is 13.2. The smallest absolute Gasteiger partial charge is 0.345 e. The van der Waals surface area contributed by atoms with E-state index in [0.29, 0.717) is 37.5 Å². The van der Waals surface area contributed by atoms with Crippen LogP contribution in [0.3, 0.4) is 0 Å². The van der Waals surface area contributed by atoms with Crippen LogP contribution in [0.15, 0.2) is 64.7 Å². The van der Waals surface area contributed by atoms with Gasteiger partial charge in [-0.05, 0) is 42.5 Å². The second-order valence-electron chi connectivity index (χ2n) is 7.44. The summed E-state index contributed by atoms with van der Waals surface area (Å²) < 4.78 is 48.4. The Morgan fingerprint density at radius 1 is 1.06 bits per heavy atom. The van der Waals surface area contributed by atoms with E-state index in [1.165, 1.54) is 32.4 Å². The predicted octanol–water partition coefficient (Wildman–Crippen LogP) is 2.05. The van der Waals surface area contributed by atoms with E-state index in [2.05, 4.69) is 9.30 Å². The second-order valence-corrected chi connectivity index (χ2v) is 9.06. The summed E-state index contributed by atoms with van der Waals surface area (Å²) in [6.07, 6.45) is 1.49. The summed E-state index contributed by atoms with van der Waals surface area (Å²) in [4.78, 5) is 16.9. The second kappa shape index (κ2) is 8.62. The van der Waals surface area contributed by atoms with E-state index >= 15 is 0 Å². The van der Waals surface area contributed by atoms with Gasteiger partial charge in [0, 0.05) is 44.5 Å². The van der Waals surface area contributed by atoms with Gasteiger partial charge in [-0.2, -0.15) is 8.42 Å². The molecule has 2 aromatic rings. The molecular formula is C22H23FN4O4S. The zero-order valence-corrected chi connectivity index (χ0v) is 18.5. The van der Waals surface area contributed by atoms with E-state index in [0.717, 1.165) is 9.99 Å². The number of nitrogens with zero attached hydrogens (tertiary/aromatic N) is 4. The number of halogens is 1. The van der Waals surface area contributed by atoms with Gasteiger partial charge in [0.1, 0.15) is 17.3 Å². The monoisotopic (exact) mass is 458 g/mol. The number of carbonyl (C=O) groups excluding carboxylic acids is 1. The minimum Gasteiger partial charge on any atom is -0.497 e. The highest BCUT2D eigenvalue weighted by atomic mass is 32.2. The number of amides is 1. The van der Waals surface area contributed by atoms with Gasteiger partial charge in [-0.1, -0.05) is 12.1 Å². The van der Waals surface area contributed by atoms with E-state index in [4.69, 9.17) is 4.74 Å². The van der Waals surface area contributed by atoms with E-state index in [1.54, 1.807) is 41.3 Å². The molecule has 0 N–H and O–H groups in total. The van der Waals surface area contributed by atoms with Gasteiger partial charge in [-0.3, -0.25) is 4.79 Å². The van der Waals surface area contributed by atoms with Gasteiger partial charge in [0.25, 0.3) is 5.91 Å². The molecule has 10 heteroatoms. The molecule has 0 saturated carbocycles. The van der Waals surface area contributed by atoms with Crippen molar-refractivity contribution in [2.45, 2.75) is 0 Å². The third kappa shape index (κ3) is 4.31. The number of hydrogen-bond donors (Lipinski definition) is 0. The lowest BCUT2D eigenvalue weighted by molar-refractivity contribution is -0.128. The van der Waals surface area contributed by atoms with Crippen molar-refractivity contribution in [2.75, 3.05) is 45.2 Å². The third-order valence-corrected chi connectivity index (χ3v) is 6.83. The number of hydrogen-bond acceptors (Lipinski definition) is 5. The van der Waals surface area contributed by atoms with E-state index in [9.17, 15) is 17.6 Å². The van der Waals surface area contributed by atoms with Crippen molar-refractivity contribution in [1.82, 2.24) is 9.21 Å². The van der Waals surface area contributed by atoms with Gasteiger partial charge in [0.05, 0.1) is 12.8 Å². The Bertz CT molecular complexity index is 1190. The fourth-order valence-corrected chi connectivity index (χ4v) is 4.56. The van der Waals surface area contributed by atoms with Crippen molar-refractivity contribution in [2.24, 2.45) is 4.40 Å². The van der Waals surface area contributed by atoms with Crippen molar-refractivity contribution in [3.63, 3.8) is 0 Å². The number of carbonyl (C=O) groups is 1. The number of ether oxygens (including phenoxy) is 1. The first kappa shape index (κ1) is 21.8. The minimum absolute atomic E-state index is 0.0352. The zero-order valence-electron chi connectivity index (χ0n) is 17.7. The molecule has 168 valence electrons. The van der Waals surface area contributed by atoms with Crippen molar-refractivity contribution in [1.29, 1.82) is 0 Å². The van der Waals surface area contributed by atoms with Crippen LogP contribution in [-0.4, -0.2) is 69.6 Å². The Kier molecular flexibility index (Phi) is 5.88. The summed E-state index contributed by atoms with van der Waals surface area (Å²) in [5, 5.41) is 0. The topological polar surface area (TPSA) is 82.5 Å². The molecule has 0 radical (unpaired) electrons. The highest BCUT2D eigenvalue weighted by Crippen LogP contribution is 2.24. The molecule has 0 atom stereocenters. The quantitative estimate of drug-likeness (QED) is 0.701. The van der Waals surface area contributed by atoms with Crippen LogP contribution in [0, 0.1) is 5.82 Å². The van der Waals surface area contributed by atoms with Crippen LogP contribution in [0.1, 0.15) is 5.56 Å². The average molecular weight is 459 g/mol. The fraction of sp³-hybridized carbons (Fsp3) is 0.273. The molecule has 1 saturated heterocycles.